The van der Waals surface area contributed by atoms with E-state index in [1.165, 1.54) is 24.1 Å². The zero-order chi connectivity index (χ0) is 20.3. The second-order valence-electron chi connectivity index (χ2n) is 6.26. The van der Waals surface area contributed by atoms with Gasteiger partial charge in [-0.05, 0) is 42.5 Å². The minimum absolute atomic E-state index is 0.0424. The Morgan fingerprint density at radius 3 is 2.61 bits per heavy atom. The number of nitrogens with zero attached hydrogens (tertiary/aromatic N) is 1. The van der Waals surface area contributed by atoms with Gasteiger partial charge in [-0.1, -0.05) is 11.6 Å². The third-order valence-electron chi connectivity index (χ3n) is 4.40. The van der Waals surface area contributed by atoms with Crippen LogP contribution in [0.25, 0.3) is 0 Å². The lowest BCUT2D eigenvalue weighted by Crippen LogP contribution is -2.27. The highest BCUT2D eigenvalue weighted by Gasteiger charge is 2.37. The molecule has 2 aromatic carbocycles. The fourth-order valence-electron chi connectivity index (χ4n) is 2.95. The predicted molar refractivity (Wildman–Crippen MR) is 100 cm³/mol. The first-order valence-corrected chi connectivity index (χ1v) is 8.86. The number of hydrogen-bond donors (Lipinski definition) is 0. The Hall–Kier alpha value is -2.93. The van der Waals surface area contributed by atoms with Gasteiger partial charge in [0.25, 0.3) is 0 Å². The molecular weight excluding hydrogens is 389 g/mol. The molecule has 28 heavy (non-hydrogen) atoms. The van der Waals surface area contributed by atoms with E-state index in [-0.39, 0.29) is 24.4 Å². The summed E-state index contributed by atoms with van der Waals surface area (Å²) in [7, 11) is 1.47. The summed E-state index contributed by atoms with van der Waals surface area (Å²) in [6, 6.07) is 9.80. The van der Waals surface area contributed by atoms with Crippen molar-refractivity contribution in [3.8, 4) is 5.75 Å². The molecule has 8 heteroatoms. The lowest BCUT2D eigenvalue weighted by molar-refractivity contribution is -0.147. The SMILES string of the molecule is COc1ccc(Cl)cc1N1C[C@@H](C(=O)OCC(=O)c2ccc(F)cc2)CC1=O. The largest absolute Gasteiger partial charge is 0.495 e. The molecule has 1 amide bonds. The summed E-state index contributed by atoms with van der Waals surface area (Å²) in [6.07, 6.45) is -0.0424. The van der Waals surface area contributed by atoms with E-state index in [1.807, 2.05) is 0 Å². The van der Waals surface area contributed by atoms with Crippen molar-refractivity contribution in [2.45, 2.75) is 6.42 Å². The Labute approximate surface area is 165 Å². The second kappa shape index (κ2) is 8.39. The summed E-state index contributed by atoms with van der Waals surface area (Å²) in [4.78, 5) is 38.1. The van der Waals surface area contributed by atoms with Crippen molar-refractivity contribution in [1.29, 1.82) is 0 Å². The number of ketones is 1. The quantitative estimate of drug-likeness (QED) is 0.544. The summed E-state index contributed by atoms with van der Waals surface area (Å²) in [5.74, 6) is -2.09. The molecule has 0 saturated carbocycles. The monoisotopic (exact) mass is 405 g/mol. The van der Waals surface area contributed by atoms with Gasteiger partial charge >= 0.3 is 5.97 Å². The fourth-order valence-corrected chi connectivity index (χ4v) is 3.11. The minimum Gasteiger partial charge on any atom is -0.495 e. The standard InChI is InChI=1S/C20H17ClFNO5/c1-27-18-7-4-14(21)9-16(18)23-10-13(8-19(23)25)20(26)28-11-17(24)12-2-5-15(22)6-3-12/h2-7,9,13H,8,10-11H2,1H3/t13-/m0/s1. The molecule has 1 fully saturated rings. The molecule has 0 radical (unpaired) electrons. The maximum atomic E-state index is 12.9. The van der Waals surface area contributed by atoms with Crippen molar-refractivity contribution < 1.29 is 28.2 Å². The molecule has 6 nitrogen and oxygen atoms in total. The molecule has 0 aromatic heterocycles. The molecule has 1 heterocycles. The van der Waals surface area contributed by atoms with E-state index in [4.69, 9.17) is 21.1 Å². The molecule has 0 aliphatic carbocycles. The highest BCUT2D eigenvalue weighted by Crippen LogP contribution is 2.35. The van der Waals surface area contributed by atoms with Gasteiger partial charge in [-0.3, -0.25) is 14.4 Å². The van der Waals surface area contributed by atoms with E-state index in [0.29, 0.717) is 16.5 Å². The molecule has 1 aliphatic rings. The number of Topliss-reactive ketones (excluding diaryl/α,β-unsaturated/α-hetero) is 1. The average molecular weight is 406 g/mol. The van der Waals surface area contributed by atoms with Crippen LogP contribution in [0.4, 0.5) is 10.1 Å². The second-order valence-corrected chi connectivity index (χ2v) is 6.70. The molecule has 1 saturated heterocycles. The highest BCUT2D eigenvalue weighted by molar-refractivity contribution is 6.31. The van der Waals surface area contributed by atoms with Gasteiger partial charge in [-0.2, -0.15) is 0 Å². The lowest BCUT2D eigenvalue weighted by atomic mass is 10.1. The molecule has 0 N–H and O–H groups in total. The van der Waals surface area contributed by atoms with E-state index in [9.17, 15) is 18.8 Å². The van der Waals surface area contributed by atoms with Crippen molar-refractivity contribution in [3.05, 3.63) is 58.9 Å². The average Bonchev–Trinajstić information content (AvgIpc) is 3.08. The molecule has 0 spiro atoms. The van der Waals surface area contributed by atoms with E-state index < -0.39 is 30.1 Å². The van der Waals surface area contributed by atoms with Gasteiger partial charge in [-0.15, -0.1) is 0 Å². The maximum absolute atomic E-state index is 12.9. The highest BCUT2D eigenvalue weighted by atomic mass is 35.5. The molecule has 1 aliphatic heterocycles. The number of benzene rings is 2. The van der Waals surface area contributed by atoms with Crippen molar-refractivity contribution in [2.24, 2.45) is 5.92 Å². The number of anilines is 1. The van der Waals surface area contributed by atoms with Crippen LogP contribution in [-0.4, -0.2) is 37.9 Å². The van der Waals surface area contributed by atoms with Crippen molar-refractivity contribution >= 4 is 34.9 Å². The Kier molecular flexibility index (Phi) is 5.94. The van der Waals surface area contributed by atoms with E-state index in [0.717, 1.165) is 12.1 Å². The van der Waals surface area contributed by atoms with Crippen molar-refractivity contribution in [1.82, 2.24) is 0 Å². The molecular formula is C20H17ClFNO5. The summed E-state index contributed by atoms with van der Waals surface area (Å²) in [5.41, 5.74) is 0.708. The minimum atomic E-state index is -0.711. The van der Waals surface area contributed by atoms with Gasteiger partial charge in [0.15, 0.2) is 12.4 Å². The van der Waals surface area contributed by atoms with Crippen LogP contribution >= 0.6 is 11.6 Å². The van der Waals surface area contributed by atoms with Gasteiger partial charge in [0.05, 0.1) is 18.7 Å². The van der Waals surface area contributed by atoms with Crippen LogP contribution in [0.3, 0.4) is 0 Å². The third kappa shape index (κ3) is 4.31. The predicted octanol–water partition coefficient (Wildman–Crippen LogP) is 3.27. The Morgan fingerprint density at radius 1 is 1.21 bits per heavy atom. The van der Waals surface area contributed by atoms with Gasteiger partial charge in [0, 0.05) is 23.6 Å². The number of amides is 1. The van der Waals surface area contributed by atoms with Crippen LogP contribution in [0, 0.1) is 11.7 Å². The number of rotatable bonds is 6. The van der Waals surface area contributed by atoms with E-state index in [1.54, 1.807) is 18.2 Å². The zero-order valence-electron chi connectivity index (χ0n) is 15.0. The Morgan fingerprint density at radius 2 is 1.93 bits per heavy atom. The van der Waals surface area contributed by atoms with Gasteiger partial charge in [-0.25, -0.2) is 4.39 Å². The van der Waals surface area contributed by atoms with Crippen LogP contribution in [-0.2, 0) is 14.3 Å². The first kappa shape index (κ1) is 19.8. The van der Waals surface area contributed by atoms with Gasteiger partial charge < -0.3 is 14.4 Å². The normalized spacial score (nSPS) is 16.2. The third-order valence-corrected chi connectivity index (χ3v) is 4.64. The van der Waals surface area contributed by atoms with Gasteiger partial charge in [0.1, 0.15) is 11.6 Å². The molecule has 3 rings (SSSR count). The van der Waals surface area contributed by atoms with Crippen LogP contribution in [0.2, 0.25) is 5.02 Å². The Bertz CT molecular complexity index is 915. The first-order valence-electron chi connectivity index (χ1n) is 8.48. The topological polar surface area (TPSA) is 72.9 Å². The van der Waals surface area contributed by atoms with Crippen molar-refractivity contribution in [3.63, 3.8) is 0 Å². The van der Waals surface area contributed by atoms with Crippen LogP contribution in [0.15, 0.2) is 42.5 Å². The van der Waals surface area contributed by atoms with Gasteiger partial charge in [0.2, 0.25) is 5.91 Å². The number of halogens is 2. The number of ether oxygens (including phenoxy) is 2. The molecule has 2 aromatic rings. The Balaban J connectivity index is 1.63. The maximum Gasteiger partial charge on any atom is 0.311 e. The summed E-state index contributed by atoms with van der Waals surface area (Å²) in [5, 5.41) is 0.430. The van der Waals surface area contributed by atoms with E-state index in [2.05, 4.69) is 0 Å². The van der Waals surface area contributed by atoms with Crippen molar-refractivity contribution in [2.75, 3.05) is 25.2 Å². The summed E-state index contributed by atoms with van der Waals surface area (Å²) < 4.78 is 23.2. The van der Waals surface area contributed by atoms with Crippen LogP contribution in [0.1, 0.15) is 16.8 Å². The molecule has 1 atom stereocenters. The number of esters is 1. The number of carbonyl (C=O) groups excluding carboxylic acids is 3. The van der Waals surface area contributed by atoms with Crippen LogP contribution < -0.4 is 9.64 Å². The first-order chi connectivity index (χ1) is 13.4. The van der Waals surface area contributed by atoms with Crippen LogP contribution in [0.5, 0.6) is 5.75 Å². The molecule has 0 bridgehead atoms. The molecule has 146 valence electrons. The summed E-state index contributed by atoms with van der Waals surface area (Å²) in [6.45, 7) is -0.380. The lowest BCUT2D eigenvalue weighted by Gasteiger charge is -2.19. The van der Waals surface area contributed by atoms with E-state index >= 15 is 0 Å². The zero-order valence-corrected chi connectivity index (χ0v) is 15.7. The number of methoxy groups -OCH3 is 1. The smallest absolute Gasteiger partial charge is 0.311 e. The summed E-state index contributed by atoms with van der Waals surface area (Å²) >= 11 is 6.01. The fraction of sp³-hybridized carbons (Fsp3) is 0.250. The number of hydrogen-bond acceptors (Lipinski definition) is 5. The molecule has 0 unspecified atom stereocenters. The number of carbonyl (C=O) groups is 3.